The Bertz CT molecular complexity index is 471. The monoisotopic (exact) mass is 231 g/mol. The lowest BCUT2D eigenvalue weighted by Gasteiger charge is -2.24. The van der Waals surface area contributed by atoms with Crippen molar-refractivity contribution in [1.82, 2.24) is 9.38 Å². The van der Waals surface area contributed by atoms with Gasteiger partial charge in [0, 0.05) is 18.4 Å². The molecule has 0 aliphatic rings. The Hall–Kier alpha value is -1.51. The minimum Gasteiger partial charge on any atom is -0.368 e. The zero-order chi connectivity index (χ0) is 12.3. The van der Waals surface area contributed by atoms with Crippen molar-refractivity contribution >= 4 is 11.5 Å². The molecule has 2 aromatic rings. The highest BCUT2D eigenvalue weighted by Gasteiger charge is 2.13. The fraction of sp³-hybridized carbons (Fsp3) is 0.500. The molecule has 0 aliphatic heterocycles. The average Bonchev–Trinajstić information content (AvgIpc) is 2.80. The SMILES string of the molecule is CCC(CC)C(C)Nc1cccc2nccn12. The molecule has 17 heavy (non-hydrogen) atoms. The van der Waals surface area contributed by atoms with E-state index in [9.17, 15) is 0 Å². The molecule has 0 radical (unpaired) electrons. The van der Waals surface area contributed by atoms with E-state index in [4.69, 9.17) is 0 Å². The highest BCUT2D eigenvalue weighted by molar-refractivity contribution is 5.50. The predicted octanol–water partition coefficient (Wildman–Crippen LogP) is 3.57. The standard InChI is InChI=1S/C14H21N3/c1-4-12(5-2)11(3)16-14-8-6-7-13-15-9-10-17(13)14/h6-12,16H,4-5H2,1-3H3. The lowest BCUT2D eigenvalue weighted by atomic mass is 9.95. The van der Waals surface area contributed by atoms with Crippen molar-refractivity contribution in [3.05, 3.63) is 30.6 Å². The molecule has 0 bridgehead atoms. The molecule has 0 amide bonds. The van der Waals surface area contributed by atoms with E-state index in [-0.39, 0.29) is 0 Å². The third-order valence-electron chi connectivity index (χ3n) is 3.56. The number of aromatic nitrogens is 2. The molecule has 3 heteroatoms. The molecule has 2 aromatic heterocycles. The maximum atomic E-state index is 4.29. The van der Waals surface area contributed by atoms with E-state index in [0.29, 0.717) is 12.0 Å². The number of hydrogen-bond donors (Lipinski definition) is 1. The van der Waals surface area contributed by atoms with Crippen LogP contribution in [0, 0.1) is 5.92 Å². The summed E-state index contributed by atoms with van der Waals surface area (Å²) < 4.78 is 2.10. The molecule has 1 N–H and O–H groups in total. The van der Waals surface area contributed by atoms with Crippen LogP contribution in [-0.4, -0.2) is 15.4 Å². The number of fused-ring (bicyclic) bond motifs is 1. The Kier molecular flexibility index (Phi) is 3.67. The molecule has 92 valence electrons. The van der Waals surface area contributed by atoms with Gasteiger partial charge in [-0.25, -0.2) is 4.98 Å². The molecule has 0 fully saturated rings. The van der Waals surface area contributed by atoms with E-state index in [1.165, 1.54) is 12.8 Å². The molecule has 2 heterocycles. The Labute approximate surface area is 103 Å². The molecule has 1 unspecified atom stereocenters. The van der Waals surface area contributed by atoms with Gasteiger partial charge in [-0.2, -0.15) is 0 Å². The number of anilines is 1. The first kappa shape index (κ1) is 12.0. The van der Waals surface area contributed by atoms with Gasteiger partial charge >= 0.3 is 0 Å². The zero-order valence-electron chi connectivity index (χ0n) is 10.9. The molecular weight excluding hydrogens is 210 g/mol. The van der Waals surface area contributed by atoms with Gasteiger partial charge in [-0.05, 0) is 25.0 Å². The maximum Gasteiger partial charge on any atom is 0.138 e. The Morgan fingerprint density at radius 2 is 2.06 bits per heavy atom. The lowest BCUT2D eigenvalue weighted by molar-refractivity contribution is 0.437. The van der Waals surface area contributed by atoms with Crippen LogP contribution in [0.15, 0.2) is 30.6 Å². The van der Waals surface area contributed by atoms with E-state index in [0.717, 1.165) is 11.5 Å². The van der Waals surface area contributed by atoms with Crippen molar-refractivity contribution in [2.45, 2.75) is 39.7 Å². The molecular formula is C14H21N3. The number of rotatable bonds is 5. The van der Waals surface area contributed by atoms with E-state index in [1.54, 1.807) is 0 Å². The van der Waals surface area contributed by atoms with E-state index in [2.05, 4.69) is 41.5 Å². The van der Waals surface area contributed by atoms with Crippen molar-refractivity contribution < 1.29 is 0 Å². The Morgan fingerprint density at radius 1 is 1.29 bits per heavy atom. The average molecular weight is 231 g/mol. The summed E-state index contributed by atoms with van der Waals surface area (Å²) in [5, 5.41) is 3.60. The molecule has 1 atom stereocenters. The predicted molar refractivity (Wildman–Crippen MR) is 72.3 cm³/mol. The maximum absolute atomic E-state index is 4.29. The lowest BCUT2D eigenvalue weighted by Crippen LogP contribution is -2.25. The summed E-state index contributed by atoms with van der Waals surface area (Å²) in [6, 6.07) is 6.66. The van der Waals surface area contributed by atoms with Crippen LogP contribution in [0.1, 0.15) is 33.6 Å². The van der Waals surface area contributed by atoms with E-state index in [1.807, 2.05) is 24.5 Å². The van der Waals surface area contributed by atoms with Crippen molar-refractivity contribution in [3.63, 3.8) is 0 Å². The third-order valence-corrected chi connectivity index (χ3v) is 3.56. The molecule has 0 saturated carbocycles. The van der Waals surface area contributed by atoms with Gasteiger partial charge in [0.15, 0.2) is 0 Å². The van der Waals surface area contributed by atoms with Crippen LogP contribution in [0.5, 0.6) is 0 Å². The molecule has 3 nitrogen and oxygen atoms in total. The number of nitrogens with zero attached hydrogens (tertiary/aromatic N) is 2. The highest BCUT2D eigenvalue weighted by atomic mass is 15.1. The summed E-state index contributed by atoms with van der Waals surface area (Å²) in [4.78, 5) is 4.29. The summed E-state index contributed by atoms with van der Waals surface area (Å²) in [6.07, 6.45) is 6.26. The topological polar surface area (TPSA) is 29.3 Å². The van der Waals surface area contributed by atoms with Crippen LogP contribution < -0.4 is 5.32 Å². The second-order valence-electron chi connectivity index (χ2n) is 4.58. The van der Waals surface area contributed by atoms with Gasteiger partial charge in [-0.1, -0.05) is 32.8 Å². The number of hydrogen-bond acceptors (Lipinski definition) is 2. The van der Waals surface area contributed by atoms with Crippen LogP contribution in [0.25, 0.3) is 5.65 Å². The van der Waals surface area contributed by atoms with Crippen LogP contribution in [-0.2, 0) is 0 Å². The fourth-order valence-corrected chi connectivity index (χ4v) is 2.41. The van der Waals surface area contributed by atoms with Gasteiger partial charge in [-0.3, -0.25) is 4.40 Å². The fourth-order valence-electron chi connectivity index (χ4n) is 2.41. The minimum absolute atomic E-state index is 0.484. The summed E-state index contributed by atoms with van der Waals surface area (Å²) in [5.74, 6) is 1.84. The minimum atomic E-state index is 0.484. The first-order chi connectivity index (χ1) is 8.26. The van der Waals surface area contributed by atoms with Crippen LogP contribution in [0.4, 0.5) is 5.82 Å². The smallest absolute Gasteiger partial charge is 0.138 e. The Morgan fingerprint density at radius 3 is 2.76 bits per heavy atom. The normalized spacial score (nSPS) is 13.2. The summed E-state index contributed by atoms with van der Waals surface area (Å²) in [6.45, 7) is 6.77. The number of pyridine rings is 1. The largest absolute Gasteiger partial charge is 0.368 e. The van der Waals surface area contributed by atoms with Gasteiger partial charge in [0.2, 0.25) is 0 Å². The quantitative estimate of drug-likeness (QED) is 0.852. The second-order valence-corrected chi connectivity index (χ2v) is 4.58. The van der Waals surface area contributed by atoms with Crippen molar-refractivity contribution in [1.29, 1.82) is 0 Å². The molecule has 0 spiro atoms. The van der Waals surface area contributed by atoms with Crippen molar-refractivity contribution in [2.75, 3.05) is 5.32 Å². The van der Waals surface area contributed by atoms with Gasteiger partial charge < -0.3 is 5.32 Å². The molecule has 0 aromatic carbocycles. The zero-order valence-corrected chi connectivity index (χ0v) is 10.9. The Balaban J connectivity index is 2.20. The van der Waals surface area contributed by atoms with E-state index >= 15 is 0 Å². The second kappa shape index (κ2) is 5.21. The van der Waals surface area contributed by atoms with Gasteiger partial charge in [0.25, 0.3) is 0 Å². The summed E-state index contributed by atoms with van der Waals surface area (Å²) in [7, 11) is 0. The van der Waals surface area contributed by atoms with Crippen LogP contribution >= 0.6 is 0 Å². The third kappa shape index (κ3) is 2.43. The van der Waals surface area contributed by atoms with Crippen LogP contribution in [0.3, 0.4) is 0 Å². The first-order valence-electron chi connectivity index (χ1n) is 6.44. The first-order valence-corrected chi connectivity index (χ1v) is 6.44. The summed E-state index contributed by atoms with van der Waals surface area (Å²) >= 11 is 0. The molecule has 2 rings (SSSR count). The molecule has 0 saturated heterocycles. The van der Waals surface area contributed by atoms with E-state index < -0.39 is 0 Å². The van der Waals surface area contributed by atoms with Gasteiger partial charge in [0.05, 0.1) is 0 Å². The molecule has 0 aliphatic carbocycles. The van der Waals surface area contributed by atoms with Crippen LogP contribution in [0.2, 0.25) is 0 Å². The van der Waals surface area contributed by atoms with Crippen molar-refractivity contribution in [2.24, 2.45) is 5.92 Å². The van der Waals surface area contributed by atoms with Crippen molar-refractivity contribution in [3.8, 4) is 0 Å². The number of imidazole rings is 1. The van der Waals surface area contributed by atoms with Gasteiger partial charge in [-0.15, -0.1) is 0 Å². The summed E-state index contributed by atoms with van der Waals surface area (Å²) in [5.41, 5.74) is 0.992. The highest BCUT2D eigenvalue weighted by Crippen LogP contribution is 2.18. The van der Waals surface area contributed by atoms with Gasteiger partial charge in [0.1, 0.15) is 11.5 Å². The number of nitrogens with one attached hydrogen (secondary N) is 1.